The van der Waals surface area contributed by atoms with E-state index in [9.17, 15) is 14.4 Å². The lowest BCUT2D eigenvalue weighted by Crippen LogP contribution is -2.58. The third kappa shape index (κ3) is 4.79. The number of hydrogen-bond donors (Lipinski definition) is 0. The number of piperidine rings is 1. The minimum Gasteiger partial charge on any atom is -0.466 e. The fourth-order valence-corrected chi connectivity index (χ4v) is 5.49. The third-order valence-electron chi connectivity index (χ3n) is 7.51. The Labute approximate surface area is 196 Å². The summed E-state index contributed by atoms with van der Waals surface area (Å²) >= 11 is 0. The van der Waals surface area contributed by atoms with Crippen molar-refractivity contribution in [1.82, 2.24) is 9.80 Å². The molecule has 3 aliphatic rings. The predicted octanol–water partition coefficient (Wildman–Crippen LogP) is 3.54. The van der Waals surface area contributed by atoms with Gasteiger partial charge in [-0.1, -0.05) is 24.6 Å². The molecular weight excluding hydrogens is 420 g/mol. The van der Waals surface area contributed by atoms with Gasteiger partial charge in [0, 0.05) is 18.7 Å². The van der Waals surface area contributed by atoms with E-state index in [1.54, 1.807) is 16.7 Å². The number of likely N-dealkylation sites (tertiary alicyclic amines) is 1. The Morgan fingerprint density at radius 2 is 1.82 bits per heavy atom. The van der Waals surface area contributed by atoms with Gasteiger partial charge in [0.1, 0.15) is 11.8 Å². The summed E-state index contributed by atoms with van der Waals surface area (Å²) in [4.78, 5) is 43.1. The van der Waals surface area contributed by atoms with Gasteiger partial charge in [-0.15, -0.1) is 0 Å². The number of rotatable bonds is 4. The van der Waals surface area contributed by atoms with Gasteiger partial charge in [0.2, 0.25) is 5.91 Å². The average Bonchev–Trinajstić information content (AvgIpc) is 3.19. The Kier molecular flexibility index (Phi) is 7.07. The summed E-state index contributed by atoms with van der Waals surface area (Å²) < 4.78 is 11.5. The van der Waals surface area contributed by atoms with Crippen LogP contribution in [0.25, 0.3) is 0 Å². The zero-order valence-corrected chi connectivity index (χ0v) is 20.0. The molecule has 1 spiro atoms. The van der Waals surface area contributed by atoms with Crippen LogP contribution in [0, 0.1) is 18.8 Å². The van der Waals surface area contributed by atoms with E-state index in [1.807, 2.05) is 31.2 Å². The molecule has 7 heteroatoms. The van der Waals surface area contributed by atoms with Crippen LogP contribution in [0.4, 0.5) is 0 Å². The second kappa shape index (κ2) is 9.84. The number of aryl methyl sites for hydroxylation is 1. The number of carbonyl (C=O) groups excluding carboxylic acids is 3. The van der Waals surface area contributed by atoms with Gasteiger partial charge >= 0.3 is 5.97 Å². The van der Waals surface area contributed by atoms with E-state index in [1.165, 1.54) is 0 Å². The van der Waals surface area contributed by atoms with Crippen molar-refractivity contribution in [2.24, 2.45) is 11.8 Å². The van der Waals surface area contributed by atoms with Crippen molar-refractivity contribution >= 4 is 17.8 Å². The van der Waals surface area contributed by atoms with Gasteiger partial charge in [-0.3, -0.25) is 19.3 Å². The number of nitrogens with zero attached hydrogens (tertiary/aromatic N) is 2. The minimum atomic E-state index is -0.711. The zero-order valence-electron chi connectivity index (χ0n) is 20.0. The summed E-state index contributed by atoms with van der Waals surface area (Å²) in [7, 11) is 0. The predicted molar refractivity (Wildman–Crippen MR) is 123 cm³/mol. The highest BCUT2D eigenvalue weighted by Crippen LogP contribution is 2.43. The average molecular weight is 457 g/mol. The summed E-state index contributed by atoms with van der Waals surface area (Å²) in [5, 5.41) is 0. The molecule has 2 heterocycles. The first-order valence-corrected chi connectivity index (χ1v) is 12.3. The summed E-state index contributed by atoms with van der Waals surface area (Å²) in [6.45, 7) is 7.58. The molecule has 2 aliphatic heterocycles. The van der Waals surface area contributed by atoms with Crippen LogP contribution in [0.15, 0.2) is 24.3 Å². The molecule has 0 unspecified atom stereocenters. The van der Waals surface area contributed by atoms with Gasteiger partial charge in [0.25, 0.3) is 5.91 Å². The maximum Gasteiger partial charge on any atom is 0.309 e. The van der Waals surface area contributed by atoms with Crippen LogP contribution in [0.1, 0.15) is 68.3 Å². The van der Waals surface area contributed by atoms with Crippen molar-refractivity contribution in [2.45, 2.75) is 71.1 Å². The molecule has 0 aromatic heterocycles. The molecule has 0 radical (unpaired) electrons. The topological polar surface area (TPSA) is 76.2 Å². The van der Waals surface area contributed by atoms with Gasteiger partial charge in [-0.25, -0.2) is 0 Å². The fraction of sp³-hybridized carbons (Fsp3) is 0.654. The number of ether oxygens (including phenoxy) is 2. The number of esters is 1. The van der Waals surface area contributed by atoms with E-state index in [2.05, 4.69) is 6.92 Å². The normalized spacial score (nSPS) is 28.2. The van der Waals surface area contributed by atoms with E-state index >= 15 is 0 Å². The first-order valence-electron chi connectivity index (χ1n) is 12.3. The third-order valence-corrected chi connectivity index (χ3v) is 7.51. The number of hydrogen-bond acceptors (Lipinski definition) is 5. The van der Waals surface area contributed by atoms with Crippen LogP contribution in [0.5, 0.6) is 0 Å². The van der Waals surface area contributed by atoms with E-state index in [0.29, 0.717) is 44.0 Å². The molecule has 0 N–H and O–H groups in total. The van der Waals surface area contributed by atoms with Crippen molar-refractivity contribution in [3.8, 4) is 0 Å². The molecule has 1 atom stereocenters. The molecule has 4 rings (SSSR count). The summed E-state index contributed by atoms with van der Waals surface area (Å²) in [5.41, 5.74) is 0.894. The Morgan fingerprint density at radius 3 is 2.45 bits per heavy atom. The lowest BCUT2D eigenvalue weighted by Gasteiger charge is -2.44. The molecule has 2 amide bonds. The second-order valence-electron chi connectivity index (χ2n) is 9.85. The number of carbonyl (C=O) groups is 3. The fourth-order valence-electron chi connectivity index (χ4n) is 5.49. The monoisotopic (exact) mass is 456 g/mol. The van der Waals surface area contributed by atoms with E-state index < -0.39 is 11.8 Å². The zero-order chi connectivity index (χ0) is 23.6. The van der Waals surface area contributed by atoms with Crippen molar-refractivity contribution in [2.75, 3.05) is 26.3 Å². The van der Waals surface area contributed by atoms with Crippen LogP contribution in [-0.2, 0) is 19.1 Å². The van der Waals surface area contributed by atoms with Crippen molar-refractivity contribution in [1.29, 1.82) is 0 Å². The standard InChI is InChI=1S/C26H36N2O5/c1-4-32-25(31)20-10-14-27(15-11-20)24(30)22-17-33-26(12-8-18(2)9-13-26)28(22)23(29)21-7-5-6-19(3)16-21/h5-7,16,18,20,22H,4,8-15,17H2,1-3H3/t18?,22-,26?/m1/s1. The molecule has 1 saturated carbocycles. The molecule has 2 saturated heterocycles. The minimum absolute atomic E-state index is 0.0752. The quantitative estimate of drug-likeness (QED) is 0.648. The number of amides is 2. The Bertz CT molecular complexity index is 884. The lowest BCUT2D eigenvalue weighted by atomic mass is 9.83. The van der Waals surface area contributed by atoms with Crippen LogP contribution < -0.4 is 0 Å². The van der Waals surface area contributed by atoms with Gasteiger partial charge in [-0.2, -0.15) is 0 Å². The maximum absolute atomic E-state index is 13.8. The van der Waals surface area contributed by atoms with Crippen molar-refractivity contribution < 1.29 is 23.9 Å². The molecule has 1 aromatic rings. The van der Waals surface area contributed by atoms with Crippen LogP contribution in [-0.4, -0.2) is 65.7 Å². The van der Waals surface area contributed by atoms with E-state index in [4.69, 9.17) is 9.47 Å². The summed E-state index contributed by atoms with van der Waals surface area (Å²) in [5.74, 6) is 0.0384. The first-order chi connectivity index (χ1) is 15.8. The van der Waals surface area contributed by atoms with E-state index in [0.717, 1.165) is 31.2 Å². The van der Waals surface area contributed by atoms with Crippen molar-refractivity contribution in [3.05, 3.63) is 35.4 Å². The highest BCUT2D eigenvalue weighted by molar-refractivity contribution is 5.98. The first kappa shape index (κ1) is 23.7. The molecule has 0 bridgehead atoms. The molecule has 1 aromatic carbocycles. The van der Waals surface area contributed by atoms with Crippen LogP contribution >= 0.6 is 0 Å². The van der Waals surface area contributed by atoms with Gasteiger partial charge < -0.3 is 14.4 Å². The highest BCUT2D eigenvalue weighted by atomic mass is 16.5. The summed E-state index contributed by atoms with van der Waals surface area (Å²) in [6, 6.07) is 6.91. The van der Waals surface area contributed by atoms with Gasteiger partial charge in [-0.05, 0) is 70.4 Å². The maximum atomic E-state index is 13.8. The van der Waals surface area contributed by atoms with Gasteiger partial charge in [0.15, 0.2) is 0 Å². The molecule has 3 fully saturated rings. The van der Waals surface area contributed by atoms with Crippen LogP contribution in [0.3, 0.4) is 0 Å². The molecule has 33 heavy (non-hydrogen) atoms. The van der Waals surface area contributed by atoms with Crippen molar-refractivity contribution in [3.63, 3.8) is 0 Å². The Hall–Kier alpha value is -2.41. The molecule has 7 nitrogen and oxygen atoms in total. The van der Waals surface area contributed by atoms with Crippen LogP contribution in [0.2, 0.25) is 0 Å². The molecular formula is C26H36N2O5. The lowest BCUT2D eigenvalue weighted by molar-refractivity contribution is -0.152. The summed E-state index contributed by atoms with van der Waals surface area (Å²) in [6.07, 6.45) is 4.63. The largest absolute Gasteiger partial charge is 0.466 e. The molecule has 1 aliphatic carbocycles. The SMILES string of the molecule is CCOC(=O)C1CCN(C(=O)[C@H]2COC3(CCC(C)CC3)N2C(=O)c2cccc(C)c2)CC1. The number of benzene rings is 1. The molecule has 180 valence electrons. The highest BCUT2D eigenvalue weighted by Gasteiger charge is 2.54. The Balaban J connectivity index is 1.54. The smallest absolute Gasteiger partial charge is 0.309 e. The second-order valence-corrected chi connectivity index (χ2v) is 9.85. The Morgan fingerprint density at radius 1 is 1.12 bits per heavy atom. The van der Waals surface area contributed by atoms with Gasteiger partial charge in [0.05, 0.1) is 19.1 Å². The van der Waals surface area contributed by atoms with E-state index in [-0.39, 0.29) is 30.3 Å².